The second-order valence-electron chi connectivity index (χ2n) is 6.32. The van der Waals surface area contributed by atoms with Crippen LogP contribution in [0.4, 0.5) is 5.82 Å². The Hall–Kier alpha value is -1.95. The van der Waals surface area contributed by atoms with E-state index in [9.17, 15) is 4.79 Å². The van der Waals surface area contributed by atoms with Crippen LogP contribution in [0, 0.1) is 13.8 Å². The van der Waals surface area contributed by atoms with Crippen molar-refractivity contribution in [1.82, 2.24) is 14.9 Å². The van der Waals surface area contributed by atoms with Crippen molar-refractivity contribution in [3.63, 3.8) is 0 Å². The fourth-order valence-electron chi connectivity index (χ4n) is 3.30. The summed E-state index contributed by atoms with van der Waals surface area (Å²) in [7, 11) is 1.88. The third-order valence-electron chi connectivity index (χ3n) is 4.60. The van der Waals surface area contributed by atoms with E-state index in [2.05, 4.69) is 27.4 Å². The van der Waals surface area contributed by atoms with Gasteiger partial charge in [0.15, 0.2) is 0 Å². The number of aromatic nitrogens is 2. The van der Waals surface area contributed by atoms with Crippen LogP contribution in [0.1, 0.15) is 39.9 Å². The molecule has 1 aliphatic heterocycles. The molecule has 1 N–H and O–H groups in total. The molecule has 3 rings (SSSR count). The summed E-state index contributed by atoms with van der Waals surface area (Å²) < 4.78 is 0. The molecule has 0 bridgehead atoms. The van der Waals surface area contributed by atoms with E-state index in [4.69, 9.17) is 0 Å². The Morgan fingerprint density at radius 1 is 1.46 bits per heavy atom. The van der Waals surface area contributed by atoms with Gasteiger partial charge in [-0.3, -0.25) is 4.79 Å². The molecule has 3 heterocycles. The number of carbonyl (C=O) groups is 1. The summed E-state index contributed by atoms with van der Waals surface area (Å²) in [6, 6.07) is 4.16. The van der Waals surface area contributed by atoms with Gasteiger partial charge in [0, 0.05) is 37.1 Å². The highest BCUT2D eigenvalue weighted by molar-refractivity contribution is 7.11. The highest BCUT2D eigenvalue weighted by Gasteiger charge is 2.25. The number of aryl methyl sites for hydroxylation is 2. The van der Waals surface area contributed by atoms with E-state index < -0.39 is 0 Å². The Morgan fingerprint density at radius 3 is 3.00 bits per heavy atom. The zero-order valence-electron chi connectivity index (χ0n) is 14.5. The summed E-state index contributed by atoms with van der Waals surface area (Å²) in [5.41, 5.74) is 2.25. The number of nitrogens with zero attached hydrogens (tertiary/aromatic N) is 3. The number of rotatable bonds is 4. The van der Waals surface area contributed by atoms with Crippen molar-refractivity contribution < 1.29 is 4.79 Å². The maximum Gasteiger partial charge on any atom is 0.227 e. The lowest BCUT2D eigenvalue weighted by Gasteiger charge is -2.33. The quantitative estimate of drug-likeness (QED) is 0.926. The number of nitrogens with one attached hydrogen (secondary N) is 1. The minimum Gasteiger partial charge on any atom is -0.373 e. The first-order valence-corrected chi connectivity index (χ1v) is 9.23. The molecule has 128 valence electrons. The largest absolute Gasteiger partial charge is 0.373 e. The molecular formula is C18H24N4OS. The number of pyridine rings is 1. The predicted molar refractivity (Wildman–Crippen MR) is 97.6 cm³/mol. The Balaban J connectivity index is 1.68. The van der Waals surface area contributed by atoms with E-state index in [1.165, 1.54) is 5.56 Å². The first-order chi connectivity index (χ1) is 11.6. The van der Waals surface area contributed by atoms with Crippen LogP contribution in [-0.2, 0) is 11.2 Å². The molecule has 24 heavy (non-hydrogen) atoms. The van der Waals surface area contributed by atoms with Gasteiger partial charge >= 0.3 is 0 Å². The zero-order valence-corrected chi connectivity index (χ0v) is 15.3. The summed E-state index contributed by atoms with van der Waals surface area (Å²) in [6.07, 6.45) is 4.48. The van der Waals surface area contributed by atoms with Crippen molar-refractivity contribution in [3.8, 4) is 0 Å². The van der Waals surface area contributed by atoms with Gasteiger partial charge in [0.2, 0.25) is 5.91 Å². The average Bonchev–Trinajstić information content (AvgIpc) is 2.92. The highest BCUT2D eigenvalue weighted by Crippen LogP contribution is 2.28. The predicted octanol–water partition coefficient (Wildman–Crippen LogP) is 3.15. The molecule has 0 aromatic carbocycles. The van der Waals surface area contributed by atoms with Crippen molar-refractivity contribution >= 4 is 23.1 Å². The van der Waals surface area contributed by atoms with Crippen LogP contribution in [-0.4, -0.2) is 40.9 Å². The van der Waals surface area contributed by atoms with Crippen LogP contribution >= 0.6 is 11.3 Å². The number of hydrogen-bond donors (Lipinski definition) is 1. The molecule has 1 saturated heterocycles. The lowest BCUT2D eigenvalue weighted by molar-refractivity contribution is -0.131. The van der Waals surface area contributed by atoms with Gasteiger partial charge in [0.05, 0.1) is 17.1 Å². The third kappa shape index (κ3) is 3.75. The van der Waals surface area contributed by atoms with E-state index in [1.54, 1.807) is 11.3 Å². The number of thiazole rings is 1. The molecule has 2 aromatic heterocycles. The summed E-state index contributed by atoms with van der Waals surface area (Å²) >= 11 is 1.63. The standard InChI is InChI=1S/C18H24N4OS/c1-12-16(24-13(2)21-12)10-18(23)22-8-4-5-15(11-22)14-6-7-20-17(9-14)19-3/h6-7,9,15H,4-5,8,10-11H2,1-3H3,(H,19,20). The van der Waals surface area contributed by atoms with Crippen LogP contribution in [0.15, 0.2) is 18.3 Å². The van der Waals surface area contributed by atoms with Crippen molar-refractivity contribution in [2.75, 3.05) is 25.5 Å². The summed E-state index contributed by atoms with van der Waals surface area (Å²) in [6.45, 7) is 5.63. The number of carbonyl (C=O) groups excluding carboxylic acids is 1. The van der Waals surface area contributed by atoms with Gasteiger partial charge < -0.3 is 10.2 Å². The number of hydrogen-bond acceptors (Lipinski definition) is 5. The number of amides is 1. The van der Waals surface area contributed by atoms with E-state index in [0.717, 1.165) is 47.3 Å². The van der Waals surface area contributed by atoms with Gasteiger partial charge in [-0.1, -0.05) is 0 Å². The molecule has 6 heteroatoms. The topological polar surface area (TPSA) is 58.1 Å². The van der Waals surface area contributed by atoms with Crippen molar-refractivity contribution in [2.24, 2.45) is 0 Å². The minimum atomic E-state index is 0.217. The molecule has 1 unspecified atom stereocenters. The van der Waals surface area contributed by atoms with Crippen molar-refractivity contribution in [1.29, 1.82) is 0 Å². The lowest BCUT2D eigenvalue weighted by atomic mass is 9.91. The molecule has 0 saturated carbocycles. The van der Waals surface area contributed by atoms with E-state index in [1.807, 2.05) is 32.0 Å². The van der Waals surface area contributed by atoms with Crippen molar-refractivity contribution in [3.05, 3.63) is 39.5 Å². The minimum absolute atomic E-state index is 0.217. The van der Waals surface area contributed by atoms with Gasteiger partial charge in [0.25, 0.3) is 0 Å². The van der Waals surface area contributed by atoms with Crippen LogP contribution in [0.5, 0.6) is 0 Å². The van der Waals surface area contributed by atoms with E-state index in [-0.39, 0.29) is 5.91 Å². The molecule has 0 radical (unpaired) electrons. The van der Waals surface area contributed by atoms with E-state index >= 15 is 0 Å². The third-order valence-corrected chi connectivity index (χ3v) is 5.67. The molecule has 1 atom stereocenters. The number of piperidine rings is 1. The Labute approximate surface area is 147 Å². The van der Waals surface area contributed by atoms with Gasteiger partial charge in [-0.2, -0.15) is 0 Å². The molecular weight excluding hydrogens is 320 g/mol. The van der Waals surface area contributed by atoms with Crippen LogP contribution in [0.2, 0.25) is 0 Å². The van der Waals surface area contributed by atoms with Crippen LogP contribution in [0.3, 0.4) is 0 Å². The molecule has 1 amide bonds. The van der Waals surface area contributed by atoms with Gasteiger partial charge in [-0.25, -0.2) is 9.97 Å². The number of anilines is 1. The maximum atomic E-state index is 12.7. The lowest BCUT2D eigenvalue weighted by Crippen LogP contribution is -2.39. The van der Waals surface area contributed by atoms with Crippen molar-refractivity contribution in [2.45, 2.75) is 39.0 Å². The molecule has 1 aliphatic rings. The first-order valence-electron chi connectivity index (χ1n) is 8.41. The summed E-state index contributed by atoms with van der Waals surface area (Å²) in [4.78, 5) is 24.5. The highest BCUT2D eigenvalue weighted by atomic mass is 32.1. The second-order valence-corrected chi connectivity index (χ2v) is 7.61. The summed E-state index contributed by atoms with van der Waals surface area (Å²) in [5.74, 6) is 1.49. The molecule has 5 nitrogen and oxygen atoms in total. The SMILES string of the molecule is CNc1cc(C2CCCN(C(=O)Cc3sc(C)nc3C)C2)ccn1. The average molecular weight is 344 g/mol. The monoisotopic (exact) mass is 344 g/mol. The van der Waals surface area contributed by atoms with E-state index in [0.29, 0.717) is 12.3 Å². The Morgan fingerprint density at radius 2 is 2.29 bits per heavy atom. The maximum absolute atomic E-state index is 12.7. The molecule has 1 fully saturated rings. The zero-order chi connectivity index (χ0) is 17.1. The van der Waals surface area contributed by atoms with Crippen LogP contribution in [0.25, 0.3) is 0 Å². The van der Waals surface area contributed by atoms with Gasteiger partial charge in [0.1, 0.15) is 5.82 Å². The van der Waals surface area contributed by atoms with Gasteiger partial charge in [-0.15, -0.1) is 11.3 Å². The first kappa shape index (κ1) is 16.9. The molecule has 0 aliphatic carbocycles. The normalized spacial score (nSPS) is 17.8. The van der Waals surface area contributed by atoms with Crippen LogP contribution < -0.4 is 5.32 Å². The Kier molecular flexibility index (Phi) is 5.14. The molecule has 0 spiro atoms. The fourth-order valence-corrected chi connectivity index (χ4v) is 4.23. The second kappa shape index (κ2) is 7.30. The Bertz CT molecular complexity index is 728. The summed E-state index contributed by atoms with van der Waals surface area (Å²) in [5, 5.41) is 4.12. The molecule has 2 aromatic rings. The smallest absolute Gasteiger partial charge is 0.227 e. The van der Waals surface area contributed by atoms with Gasteiger partial charge in [-0.05, 0) is 44.4 Å². The number of likely N-dealkylation sites (tertiary alicyclic amines) is 1. The fraction of sp³-hybridized carbons (Fsp3) is 0.500.